The summed E-state index contributed by atoms with van der Waals surface area (Å²) >= 11 is 0. The van der Waals surface area contributed by atoms with Crippen LogP contribution in [0.2, 0.25) is 0 Å². The van der Waals surface area contributed by atoms with Crippen molar-refractivity contribution in [2.24, 2.45) is 16.6 Å². The fourth-order valence-electron chi connectivity index (χ4n) is 2.71. The number of piperazine rings is 1. The van der Waals surface area contributed by atoms with Crippen LogP contribution in [-0.4, -0.2) is 43.6 Å². The lowest BCUT2D eigenvalue weighted by Crippen LogP contribution is -2.51. The van der Waals surface area contributed by atoms with Crippen molar-refractivity contribution in [1.29, 1.82) is 0 Å². The Hall–Kier alpha value is -1.05. The van der Waals surface area contributed by atoms with Gasteiger partial charge in [-0.25, -0.2) is 4.39 Å². The van der Waals surface area contributed by atoms with E-state index in [1.54, 1.807) is 0 Å². The molecule has 1 heterocycles. The Morgan fingerprint density at radius 1 is 1.14 bits per heavy atom. The lowest BCUT2D eigenvalue weighted by atomic mass is 10.2. The van der Waals surface area contributed by atoms with Crippen LogP contribution >= 0.6 is 24.0 Å². The molecule has 3 rings (SSSR count). The van der Waals surface area contributed by atoms with Crippen LogP contribution in [0.4, 0.5) is 10.1 Å². The Morgan fingerprint density at radius 2 is 1.77 bits per heavy atom. The number of benzene rings is 1. The Bertz CT molecular complexity index is 493. The third-order valence-electron chi connectivity index (χ3n) is 4.30. The van der Waals surface area contributed by atoms with E-state index >= 15 is 0 Å². The van der Waals surface area contributed by atoms with Crippen molar-refractivity contribution in [3.05, 3.63) is 30.1 Å². The van der Waals surface area contributed by atoms with Crippen LogP contribution in [0.3, 0.4) is 0 Å². The summed E-state index contributed by atoms with van der Waals surface area (Å²) in [7, 11) is 0. The fraction of sp³-hybridized carbons (Fsp3) is 0.562. The Labute approximate surface area is 148 Å². The number of anilines is 1. The number of nitrogens with zero attached hydrogens (tertiary/aromatic N) is 3. The summed E-state index contributed by atoms with van der Waals surface area (Å²) in [4.78, 5) is 8.89. The topological polar surface area (TPSA) is 44.9 Å². The summed E-state index contributed by atoms with van der Waals surface area (Å²) in [5.41, 5.74) is 7.14. The molecule has 0 unspecified atom stereocenters. The molecule has 0 radical (unpaired) electrons. The van der Waals surface area contributed by atoms with Crippen LogP contribution in [0.5, 0.6) is 0 Å². The molecule has 1 aromatic rings. The maximum Gasteiger partial charge on any atom is 0.191 e. The first-order valence-corrected chi connectivity index (χ1v) is 7.78. The van der Waals surface area contributed by atoms with Gasteiger partial charge in [0.2, 0.25) is 0 Å². The lowest BCUT2D eigenvalue weighted by molar-refractivity contribution is 0.380. The van der Waals surface area contributed by atoms with E-state index in [1.807, 2.05) is 12.1 Å². The highest BCUT2D eigenvalue weighted by Crippen LogP contribution is 2.32. The average Bonchev–Trinajstić information content (AvgIpc) is 3.32. The summed E-state index contributed by atoms with van der Waals surface area (Å²) in [6, 6.07) is 6.68. The molecular formula is C16H24FIN4. The van der Waals surface area contributed by atoms with Gasteiger partial charge in [0.1, 0.15) is 5.82 Å². The Morgan fingerprint density at radius 3 is 2.36 bits per heavy atom. The number of guanidine groups is 1. The first kappa shape index (κ1) is 17.3. The number of halogens is 2. The molecule has 0 amide bonds. The van der Waals surface area contributed by atoms with Crippen molar-refractivity contribution in [1.82, 2.24) is 4.90 Å². The minimum absolute atomic E-state index is 0. The number of hydrogen-bond acceptors (Lipinski definition) is 2. The molecule has 1 saturated carbocycles. The number of nitrogens with two attached hydrogens (primary N) is 1. The first-order valence-electron chi connectivity index (χ1n) is 7.78. The molecule has 0 aromatic heterocycles. The summed E-state index contributed by atoms with van der Waals surface area (Å²) in [6.07, 6.45) is 3.91. The molecule has 0 bridgehead atoms. The Balaban J connectivity index is 0.00000176. The van der Waals surface area contributed by atoms with Gasteiger partial charge in [-0.1, -0.05) is 12.8 Å². The van der Waals surface area contributed by atoms with E-state index in [2.05, 4.69) is 14.8 Å². The van der Waals surface area contributed by atoms with Crippen LogP contribution in [-0.2, 0) is 0 Å². The molecule has 2 fully saturated rings. The molecule has 4 nitrogen and oxygen atoms in total. The zero-order chi connectivity index (χ0) is 14.7. The van der Waals surface area contributed by atoms with Crippen molar-refractivity contribution in [3.63, 3.8) is 0 Å². The van der Waals surface area contributed by atoms with Gasteiger partial charge in [-0.2, -0.15) is 0 Å². The summed E-state index contributed by atoms with van der Waals surface area (Å²) < 4.78 is 12.9. The molecule has 1 aliphatic heterocycles. The van der Waals surface area contributed by atoms with E-state index < -0.39 is 0 Å². The Kier molecular flexibility index (Phi) is 6.28. The van der Waals surface area contributed by atoms with Crippen LogP contribution in [0, 0.1) is 11.7 Å². The van der Waals surface area contributed by atoms with Crippen molar-refractivity contribution in [3.8, 4) is 0 Å². The normalized spacial score (nSPS) is 19.0. The SMILES string of the molecule is I.NC(=NCCC1CC1)N1CCN(c2ccc(F)cc2)CC1. The summed E-state index contributed by atoms with van der Waals surface area (Å²) in [6.45, 7) is 4.38. The van der Waals surface area contributed by atoms with Gasteiger partial charge in [0, 0.05) is 38.4 Å². The smallest absolute Gasteiger partial charge is 0.191 e. The molecule has 122 valence electrons. The van der Waals surface area contributed by atoms with Crippen molar-refractivity contribution in [2.45, 2.75) is 19.3 Å². The zero-order valence-corrected chi connectivity index (χ0v) is 15.1. The number of rotatable bonds is 4. The molecule has 1 aliphatic carbocycles. The molecule has 0 spiro atoms. The second kappa shape index (κ2) is 7.99. The molecule has 1 aromatic carbocycles. The van der Waals surface area contributed by atoms with Gasteiger partial charge in [0.05, 0.1) is 0 Å². The van der Waals surface area contributed by atoms with Crippen LogP contribution in [0.1, 0.15) is 19.3 Å². The van der Waals surface area contributed by atoms with E-state index in [1.165, 1.54) is 31.4 Å². The van der Waals surface area contributed by atoms with Gasteiger partial charge >= 0.3 is 0 Å². The van der Waals surface area contributed by atoms with Crippen molar-refractivity contribution in [2.75, 3.05) is 37.6 Å². The maximum atomic E-state index is 12.9. The van der Waals surface area contributed by atoms with E-state index in [4.69, 9.17) is 5.73 Å². The highest BCUT2D eigenvalue weighted by atomic mass is 127. The number of aliphatic imine (C=N–C) groups is 1. The summed E-state index contributed by atoms with van der Waals surface area (Å²) in [5.74, 6) is 1.38. The fourth-order valence-corrected chi connectivity index (χ4v) is 2.71. The minimum atomic E-state index is -0.190. The van der Waals surface area contributed by atoms with Gasteiger partial charge in [-0.3, -0.25) is 4.99 Å². The minimum Gasteiger partial charge on any atom is -0.370 e. The third kappa shape index (κ3) is 4.72. The van der Waals surface area contributed by atoms with Crippen LogP contribution < -0.4 is 10.6 Å². The molecular weight excluding hydrogens is 394 g/mol. The van der Waals surface area contributed by atoms with E-state index in [0.717, 1.165) is 44.3 Å². The third-order valence-corrected chi connectivity index (χ3v) is 4.30. The second-order valence-corrected chi connectivity index (χ2v) is 5.92. The monoisotopic (exact) mass is 418 g/mol. The highest BCUT2D eigenvalue weighted by molar-refractivity contribution is 14.0. The van der Waals surface area contributed by atoms with Crippen molar-refractivity contribution < 1.29 is 4.39 Å². The standard InChI is InChI=1S/C16H23FN4.HI/c17-14-3-5-15(6-4-14)20-9-11-21(12-10-20)16(18)19-8-7-13-1-2-13;/h3-6,13H,1-2,7-12H2,(H2,18,19);1H. The van der Waals surface area contributed by atoms with Crippen LogP contribution in [0.15, 0.2) is 29.3 Å². The van der Waals surface area contributed by atoms with Gasteiger partial charge in [0.25, 0.3) is 0 Å². The molecule has 0 atom stereocenters. The van der Waals surface area contributed by atoms with Gasteiger partial charge in [-0.05, 0) is 36.6 Å². The predicted octanol–water partition coefficient (Wildman–Crippen LogP) is 2.68. The lowest BCUT2D eigenvalue weighted by Gasteiger charge is -2.36. The molecule has 22 heavy (non-hydrogen) atoms. The highest BCUT2D eigenvalue weighted by Gasteiger charge is 2.21. The van der Waals surface area contributed by atoms with Crippen LogP contribution in [0.25, 0.3) is 0 Å². The van der Waals surface area contributed by atoms with Gasteiger partial charge in [-0.15, -0.1) is 24.0 Å². The zero-order valence-electron chi connectivity index (χ0n) is 12.7. The van der Waals surface area contributed by atoms with E-state index in [0.29, 0.717) is 5.96 Å². The maximum absolute atomic E-state index is 12.9. The quantitative estimate of drug-likeness (QED) is 0.465. The average molecular weight is 418 g/mol. The van der Waals surface area contributed by atoms with E-state index in [-0.39, 0.29) is 29.8 Å². The van der Waals surface area contributed by atoms with Gasteiger partial charge in [0.15, 0.2) is 5.96 Å². The predicted molar refractivity (Wildman–Crippen MR) is 99.4 cm³/mol. The number of hydrogen-bond donors (Lipinski definition) is 1. The second-order valence-electron chi connectivity index (χ2n) is 5.92. The first-order chi connectivity index (χ1) is 10.2. The van der Waals surface area contributed by atoms with Crippen molar-refractivity contribution >= 4 is 35.6 Å². The molecule has 1 saturated heterocycles. The molecule has 2 N–H and O–H groups in total. The van der Waals surface area contributed by atoms with E-state index in [9.17, 15) is 4.39 Å². The summed E-state index contributed by atoms with van der Waals surface area (Å²) in [5, 5.41) is 0. The molecule has 6 heteroatoms. The van der Waals surface area contributed by atoms with Gasteiger partial charge < -0.3 is 15.5 Å². The molecule has 2 aliphatic rings. The largest absolute Gasteiger partial charge is 0.370 e.